The second-order valence-electron chi connectivity index (χ2n) is 5.57. The number of carbonyl (C=O) groups is 1. The quantitative estimate of drug-likeness (QED) is 0.669. The van der Waals surface area contributed by atoms with Gasteiger partial charge >= 0.3 is 5.97 Å². The van der Waals surface area contributed by atoms with Crippen molar-refractivity contribution in [1.82, 2.24) is 5.32 Å². The van der Waals surface area contributed by atoms with Crippen molar-refractivity contribution in [2.75, 3.05) is 13.7 Å². The largest absolute Gasteiger partial charge is 0.466 e. The fourth-order valence-corrected chi connectivity index (χ4v) is 3.18. The van der Waals surface area contributed by atoms with Crippen molar-refractivity contribution in [1.29, 1.82) is 0 Å². The number of esters is 1. The number of aryl methyl sites for hydroxylation is 1. The zero-order valence-electron chi connectivity index (χ0n) is 12.2. The summed E-state index contributed by atoms with van der Waals surface area (Å²) in [4.78, 5) is 11.4. The Kier molecular flexibility index (Phi) is 4.36. The normalized spacial score (nSPS) is 28.5. The molecular formula is C17H21NO3. The molecule has 3 atom stereocenters. The van der Waals surface area contributed by atoms with Crippen molar-refractivity contribution >= 4 is 5.97 Å². The summed E-state index contributed by atoms with van der Waals surface area (Å²) in [5.41, 5.74) is 2.61. The van der Waals surface area contributed by atoms with Crippen LogP contribution in [0.4, 0.5) is 0 Å². The molecule has 0 unspecified atom stereocenters. The van der Waals surface area contributed by atoms with Gasteiger partial charge in [-0.3, -0.25) is 5.32 Å². The number of rotatable bonds is 2. The summed E-state index contributed by atoms with van der Waals surface area (Å²) in [6, 6.07) is 8.45. The van der Waals surface area contributed by atoms with Crippen molar-refractivity contribution in [2.24, 2.45) is 0 Å². The van der Waals surface area contributed by atoms with Gasteiger partial charge < -0.3 is 9.47 Å². The summed E-state index contributed by atoms with van der Waals surface area (Å²) < 4.78 is 10.8. The van der Waals surface area contributed by atoms with Gasteiger partial charge in [0.05, 0.1) is 13.2 Å². The van der Waals surface area contributed by atoms with E-state index in [1.54, 1.807) is 0 Å². The molecule has 0 saturated carbocycles. The van der Waals surface area contributed by atoms with Crippen molar-refractivity contribution in [3.05, 3.63) is 47.5 Å². The molecule has 1 saturated heterocycles. The number of carbonyl (C=O) groups excluding carboxylic acids is 1. The summed E-state index contributed by atoms with van der Waals surface area (Å²) in [6.07, 6.45) is 6.81. The predicted molar refractivity (Wildman–Crippen MR) is 79.9 cm³/mol. The Balaban J connectivity index is 1.95. The summed E-state index contributed by atoms with van der Waals surface area (Å²) in [7, 11) is 1.40. The summed E-state index contributed by atoms with van der Waals surface area (Å²) in [5, 5.41) is 3.42. The Bertz CT molecular complexity index is 541. The van der Waals surface area contributed by atoms with Gasteiger partial charge in [0.25, 0.3) is 0 Å². The van der Waals surface area contributed by atoms with Gasteiger partial charge in [0.2, 0.25) is 0 Å². The molecule has 1 N–H and O–H groups in total. The van der Waals surface area contributed by atoms with Crippen LogP contribution < -0.4 is 5.32 Å². The van der Waals surface area contributed by atoms with E-state index in [0.717, 1.165) is 25.8 Å². The average molecular weight is 287 g/mol. The van der Waals surface area contributed by atoms with Crippen molar-refractivity contribution in [2.45, 2.75) is 37.5 Å². The zero-order chi connectivity index (χ0) is 14.7. The topological polar surface area (TPSA) is 47.6 Å². The molecule has 2 bridgehead atoms. The van der Waals surface area contributed by atoms with Gasteiger partial charge in [0.1, 0.15) is 6.23 Å². The van der Waals surface area contributed by atoms with E-state index in [1.807, 2.05) is 6.08 Å². The maximum absolute atomic E-state index is 11.4. The van der Waals surface area contributed by atoms with E-state index in [9.17, 15) is 4.79 Å². The van der Waals surface area contributed by atoms with E-state index in [1.165, 1.54) is 24.3 Å². The highest BCUT2D eigenvalue weighted by Gasteiger charge is 2.33. The van der Waals surface area contributed by atoms with Crippen LogP contribution in [0.15, 0.2) is 36.4 Å². The molecule has 112 valence electrons. The second kappa shape index (κ2) is 6.41. The number of ether oxygens (including phenoxy) is 2. The first-order valence-corrected chi connectivity index (χ1v) is 7.50. The van der Waals surface area contributed by atoms with Gasteiger partial charge in [-0.25, -0.2) is 4.79 Å². The maximum atomic E-state index is 11.4. The SMILES string of the molecule is COC(=O)/C=C/[C@@H]1c2ccccc2CCC[C@@H]2NC[C@H]1O2. The van der Waals surface area contributed by atoms with Crippen LogP contribution in [0.2, 0.25) is 0 Å². The molecule has 1 aromatic carbocycles. The lowest BCUT2D eigenvalue weighted by Gasteiger charge is -2.22. The van der Waals surface area contributed by atoms with Crippen molar-refractivity contribution in [3.63, 3.8) is 0 Å². The monoisotopic (exact) mass is 287 g/mol. The first kappa shape index (κ1) is 14.3. The number of hydrogen-bond acceptors (Lipinski definition) is 4. The van der Waals surface area contributed by atoms with E-state index in [2.05, 4.69) is 29.6 Å². The minimum Gasteiger partial charge on any atom is -0.466 e. The third-order valence-corrected chi connectivity index (χ3v) is 4.25. The highest BCUT2D eigenvalue weighted by atomic mass is 16.5. The van der Waals surface area contributed by atoms with Crippen LogP contribution in [0.25, 0.3) is 0 Å². The molecule has 0 aliphatic carbocycles. The molecule has 4 heteroatoms. The molecule has 0 amide bonds. The predicted octanol–water partition coefficient (Wildman–Crippen LogP) is 2.15. The summed E-state index contributed by atoms with van der Waals surface area (Å²) in [5.74, 6) is -0.245. The van der Waals surface area contributed by atoms with E-state index in [0.29, 0.717) is 0 Å². The van der Waals surface area contributed by atoms with Crippen LogP contribution in [0.5, 0.6) is 0 Å². The number of nitrogens with one attached hydrogen (secondary N) is 1. The lowest BCUT2D eigenvalue weighted by atomic mass is 9.87. The zero-order valence-corrected chi connectivity index (χ0v) is 12.2. The lowest BCUT2D eigenvalue weighted by Crippen LogP contribution is -2.24. The minimum atomic E-state index is -0.324. The van der Waals surface area contributed by atoms with Crippen molar-refractivity contribution < 1.29 is 14.3 Å². The molecule has 21 heavy (non-hydrogen) atoms. The molecule has 2 aliphatic heterocycles. The van der Waals surface area contributed by atoms with E-state index < -0.39 is 0 Å². The van der Waals surface area contributed by atoms with E-state index in [-0.39, 0.29) is 24.2 Å². The van der Waals surface area contributed by atoms with Gasteiger partial charge in [0, 0.05) is 18.5 Å². The van der Waals surface area contributed by atoms with Gasteiger partial charge in [-0.2, -0.15) is 0 Å². The Morgan fingerprint density at radius 3 is 3.14 bits per heavy atom. The molecule has 3 rings (SSSR count). The molecule has 0 spiro atoms. The number of benzene rings is 1. The van der Waals surface area contributed by atoms with Crippen molar-refractivity contribution in [3.8, 4) is 0 Å². The molecule has 4 nitrogen and oxygen atoms in total. The second-order valence-corrected chi connectivity index (χ2v) is 5.57. The molecule has 1 aromatic rings. The lowest BCUT2D eigenvalue weighted by molar-refractivity contribution is -0.134. The van der Waals surface area contributed by atoms with Crippen LogP contribution in [-0.4, -0.2) is 32.0 Å². The number of fused-ring (bicyclic) bond motifs is 3. The average Bonchev–Trinajstić information content (AvgIpc) is 2.99. The fraction of sp³-hybridized carbons (Fsp3) is 0.471. The standard InChI is InChI=1S/C17H21NO3/c1-20-17(19)10-9-14-13-7-3-2-5-12(13)6-4-8-16-18-11-15(14)21-16/h2-3,5,7,9-10,14-16,18H,4,6,8,11H2,1H3/b10-9+/t14-,15-,16-/m1/s1. The summed E-state index contributed by atoms with van der Waals surface area (Å²) in [6.45, 7) is 0.815. The molecule has 2 heterocycles. The fourth-order valence-electron chi connectivity index (χ4n) is 3.18. The first-order valence-electron chi connectivity index (χ1n) is 7.50. The Morgan fingerprint density at radius 1 is 1.43 bits per heavy atom. The number of methoxy groups -OCH3 is 1. The number of hydrogen-bond donors (Lipinski definition) is 1. The van der Waals surface area contributed by atoms with Crippen LogP contribution in [-0.2, 0) is 20.7 Å². The molecule has 0 aromatic heterocycles. The Morgan fingerprint density at radius 2 is 2.29 bits per heavy atom. The smallest absolute Gasteiger partial charge is 0.330 e. The van der Waals surface area contributed by atoms with Gasteiger partial charge in [-0.15, -0.1) is 0 Å². The molecule has 2 aliphatic rings. The highest BCUT2D eigenvalue weighted by Crippen LogP contribution is 2.32. The van der Waals surface area contributed by atoms with Gasteiger partial charge in [-0.1, -0.05) is 30.3 Å². The van der Waals surface area contributed by atoms with E-state index >= 15 is 0 Å². The molecule has 0 radical (unpaired) electrons. The third-order valence-electron chi connectivity index (χ3n) is 4.25. The third kappa shape index (κ3) is 3.17. The molecular weight excluding hydrogens is 266 g/mol. The maximum Gasteiger partial charge on any atom is 0.330 e. The highest BCUT2D eigenvalue weighted by molar-refractivity contribution is 5.81. The molecule has 1 fully saturated rings. The minimum absolute atomic E-state index is 0.0650. The van der Waals surface area contributed by atoms with E-state index in [4.69, 9.17) is 9.47 Å². The van der Waals surface area contributed by atoms with Crippen LogP contribution >= 0.6 is 0 Å². The van der Waals surface area contributed by atoms with Gasteiger partial charge in [-0.05, 0) is 30.4 Å². The summed E-state index contributed by atoms with van der Waals surface area (Å²) >= 11 is 0. The first-order chi connectivity index (χ1) is 10.3. The van der Waals surface area contributed by atoms with Crippen LogP contribution in [0.3, 0.4) is 0 Å². The Hall–Kier alpha value is -1.65. The van der Waals surface area contributed by atoms with Crippen LogP contribution in [0.1, 0.15) is 29.9 Å². The Labute approximate surface area is 125 Å². The van der Waals surface area contributed by atoms with Gasteiger partial charge in [0.15, 0.2) is 0 Å². The van der Waals surface area contributed by atoms with Crippen LogP contribution in [0, 0.1) is 0 Å².